The average Bonchev–Trinajstić information content (AvgIpc) is 2.81. The molecule has 0 saturated carbocycles. The third-order valence-corrected chi connectivity index (χ3v) is 4.84. The Kier molecular flexibility index (Phi) is 5.15. The van der Waals surface area contributed by atoms with Gasteiger partial charge in [0, 0.05) is 17.8 Å². The molecule has 1 aromatic rings. The normalized spacial score (nSPS) is 18.7. The Balaban J connectivity index is 1.80. The van der Waals surface area contributed by atoms with Crippen LogP contribution in [0, 0.1) is 5.92 Å². The van der Waals surface area contributed by atoms with Crippen LogP contribution in [0.1, 0.15) is 43.3 Å². The van der Waals surface area contributed by atoms with E-state index in [1.807, 2.05) is 11.3 Å². The van der Waals surface area contributed by atoms with E-state index in [2.05, 4.69) is 36.5 Å². The minimum Gasteiger partial charge on any atom is -0.319 e. The van der Waals surface area contributed by atoms with Crippen LogP contribution in [0.5, 0.6) is 0 Å². The monoisotopic (exact) mass is 267 g/mol. The first-order valence-corrected chi connectivity index (χ1v) is 7.88. The molecular weight excluding hydrogens is 242 g/mol. The van der Waals surface area contributed by atoms with Crippen molar-refractivity contribution >= 4 is 11.3 Å². The van der Waals surface area contributed by atoms with Gasteiger partial charge in [0.05, 0.1) is 10.7 Å². The fraction of sp³-hybridized carbons (Fsp3) is 0.786. The number of thiazole rings is 1. The van der Waals surface area contributed by atoms with E-state index in [9.17, 15) is 0 Å². The van der Waals surface area contributed by atoms with E-state index in [-0.39, 0.29) is 0 Å². The fourth-order valence-electron chi connectivity index (χ4n) is 2.53. The van der Waals surface area contributed by atoms with E-state index >= 15 is 0 Å². The molecule has 3 nitrogen and oxygen atoms in total. The van der Waals surface area contributed by atoms with E-state index in [1.165, 1.54) is 43.2 Å². The van der Waals surface area contributed by atoms with E-state index in [1.54, 1.807) is 0 Å². The summed E-state index contributed by atoms with van der Waals surface area (Å²) < 4.78 is 0. The highest BCUT2D eigenvalue weighted by atomic mass is 32.1. The summed E-state index contributed by atoms with van der Waals surface area (Å²) in [4.78, 5) is 7.27. The fourth-order valence-corrected chi connectivity index (χ4v) is 3.35. The summed E-state index contributed by atoms with van der Waals surface area (Å²) in [5, 5.41) is 6.79. The van der Waals surface area contributed by atoms with Gasteiger partial charge in [-0.25, -0.2) is 4.98 Å². The quantitative estimate of drug-likeness (QED) is 0.889. The van der Waals surface area contributed by atoms with Gasteiger partial charge < -0.3 is 5.32 Å². The molecule has 0 spiro atoms. The standard InChI is InChI=1S/C14H25N3S/c1-11(2)14-16-13(10-18-14)9-17-6-4-12(5-7-17)8-15-3/h10-12,15H,4-9H2,1-3H3. The number of nitrogens with zero attached hydrogens (tertiary/aromatic N) is 2. The third kappa shape index (κ3) is 3.77. The van der Waals surface area contributed by atoms with Crippen molar-refractivity contribution in [3.05, 3.63) is 16.1 Å². The number of likely N-dealkylation sites (tertiary alicyclic amines) is 1. The van der Waals surface area contributed by atoms with Crippen molar-refractivity contribution in [2.75, 3.05) is 26.7 Å². The van der Waals surface area contributed by atoms with Crippen LogP contribution >= 0.6 is 11.3 Å². The third-order valence-electron chi connectivity index (χ3n) is 3.65. The maximum atomic E-state index is 4.72. The SMILES string of the molecule is CNCC1CCN(Cc2csc(C(C)C)n2)CC1. The average molecular weight is 267 g/mol. The zero-order chi connectivity index (χ0) is 13.0. The van der Waals surface area contributed by atoms with E-state index < -0.39 is 0 Å². The maximum absolute atomic E-state index is 4.72. The number of rotatable bonds is 5. The number of aromatic nitrogens is 1. The molecule has 2 heterocycles. The smallest absolute Gasteiger partial charge is 0.0954 e. The van der Waals surface area contributed by atoms with Crippen molar-refractivity contribution in [2.24, 2.45) is 5.92 Å². The van der Waals surface area contributed by atoms with Crippen LogP contribution in [-0.4, -0.2) is 36.6 Å². The summed E-state index contributed by atoms with van der Waals surface area (Å²) in [6.07, 6.45) is 2.64. The van der Waals surface area contributed by atoms with Crippen molar-refractivity contribution < 1.29 is 0 Å². The predicted octanol–water partition coefficient (Wildman–Crippen LogP) is 2.70. The Morgan fingerprint density at radius 2 is 2.17 bits per heavy atom. The minimum absolute atomic E-state index is 0.560. The molecule has 1 aromatic heterocycles. The summed E-state index contributed by atoms with van der Waals surface area (Å²) in [6.45, 7) is 9.08. The Morgan fingerprint density at radius 3 is 2.72 bits per heavy atom. The number of nitrogens with one attached hydrogen (secondary N) is 1. The molecule has 1 aliphatic rings. The molecule has 0 bridgehead atoms. The van der Waals surface area contributed by atoms with Crippen molar-refractivity contribution in [2.45, 2.75) is 39.2 Å². The van der Waals surface area contributed by atoms with Gasteiger partial charge in [0.25, 0.3) is 0 Å². The summed E-state index contributed by atoms with van der Waals surface area (Å²) >= 11 is 1.81. The lowest BCUT2D eigenvalue weighted by atomic mass is 9.97. The minimum atomic E-state index is 0.560. The molecule has 4 heteroatoms. The lowest BCUT2D eigenvalue weighted by molar-refractivity contribution is 0.175. The van der Waals surface area contributed by atoms with Crippen LogP contribution in [0.25, 0.3) is 0 Å². The largest absolute Gasteiger partial charge is 0.319 e. The predicted molar refractivity (Wildman–Crippen MR) is 78.1 cm³/mol. The first kappa shape index (κ1) is 14.0. The molecule has 0 aromatic carbocycles. The van der Waals surface area contributed by atoms with Gasteiger partial charge in [-0.05, 0) is 45.4 Å². The van der Waals surface area contributed by atoms with E-state index in [0.29, 0.717) is 5.92 Å². The lowest BCUT2D eigenvalue weighted by Crippen LogP contribution is -2.36. The van der Waals surface area contributed by atoms with Crippen LogP contribution < -0.4 is 5.32 Å². The lowest BCUT2D eigenvalue weighted by Gasteiger charge is -2.31. The second-order valence-electron chi connectivity index (χ2n) is 5.61. The molecule has 1 N–H and O–H groups in total. The zero-order valence-electron chi connectivity index (χ0n) is 11.8. The Labute approximate surface area is 115 Å². The molecule has 102 valence electrons. The molecule has 1 saturated heterocycles. The molecule has 2 rings (SSSR count). The molecule has 0 radical (unpaired) electrons. The highest BCUT2D eigenvalue weighted by Gasteiger charge is 2.19. The van der Waals surface area contributed by atoms with Crippen LogP contribution in [0.2, 0.25) is 0 Å². The van der Waals surface area contributed by atoms with E-state index in [4.69, 9.17) is 4.98 Å². The maximum Gasteiger partial charge on any atom is 0.0954 e. The van der Waals surface area contributed by atoms with E-state index in [0.717, 1.165) is 12.5 Å². The molecule has 1 aliphatic heterocycles. The van der Waals surface area contributed by atoms with Crippen LogP contribution in [-0.2, 0) is 6.54 Å². The number of piperidine rings is 1. The highest BCUT2D eigenvalue weighted by Crippen LogP contribution is 2.22. The van der Waals surface area contributed by atoms with Gasteiger partial charge in [0.15, 0.2) is 0 Å². The summed E-state index contributed by atoms with van der Waals surface area (Å²) in [5.74, 6) is 1.43. The second-order valence-corrected chi connectivity index (χ2v) is 6.50. The summed E-state index contributed by atoms with van der Waals surface area (Å²) in [5.41, 5.74) is 1.26. The van der Waals surface area contributed by atoms with Gasteiger partial charge in [-0.1, -0.05) is 13.8 Å². The van der Waals surface area contributed by atoms with Gasteiger partial charge in [-0.2, -0.15) is 0 Å². The molecule has 18 heavy (non-hydrogen) atoms. The van der Waals surface area contributed by atoms with Crippen LogP contribution in [0.3, 0.4) is 0 Å². The molecule has 0 unspecified atom stereocenters. The summed E-state index contributed by atoms with van der Waals surface area (Å²) in [7, 11) is 2.05. The Bertz CT molecular complexity index is 354. The number of hydrogen-bond acceptors (Lipinski definition) is 4. The van der Waals surface area contributed by atoms with Crippen molar-refractivity contribution in [1.29, 1.82) is 0 Å². The zero-order valence-corrected chi connectivity index (χ0v) is 12.6. The second kappa shape index (κ2) is 6.64. The highest BCUT2D eigenvalue weighted by molar-refractivity contribution is 7.09. The topological polar surface area (TPSA) is 28.2 Å². The van der Waals surface area contributed by atoms with Crippen LogP contribution in [0.15, 0.2) is 5.38 Å². The van der Waals surface area contributed by atoms with Gasteiger partial charge in [-0.15, -0.1) is 11.3 Å². The first-order valence-electron chi connectivity index (χ1n) is 7.00. The van der Waals surface area contributed by atoms with Crippen LogP contribution in [0.4, 0.5) is 0 Å². The van der Waals surface area contributed by atoms with Crippen molar-refractivity contribution in [1.82, 2.24) is 15.2 Å². The Hall–Kier alpha value is -0.450. The first-order chi connectivity index (χ1) is 8.69. The van der Waals surface area contributed by atoms with Crippen molar-refractivity contribution in [3.8, 4) is 0 Å². The molecule has 0 amide bonds. The number of hydrogen-bond donors (Lipinski definition) is 1. The molecule has 1 fully saturated rings. The van der Waals surface area contributed by atoms with Gasteiger partial charge in [0.2, 0.25) is 0 Å². The molecular formula is C14H25N3S. The molecule has 0 atom stereocenters. The van der Waals surface area contributed by atoms with Crippen molar-refractivity contribution in [3.63, 3.8) is 0 Å². The summed E-state index contributed by atoms with van der Waals surface area (Å²) in [6, 6.07) is 0. The van der Waals surface area contributed by atoms with Gasteiger partial charge in [0.1, 0.15) is 0 Å². The van der Waals surface area contributed by atoms with Gasteiger partial charge in [-0.3, -0.25) is 4.90 Å². The van der Waals surface area contributed by atoms with Gasteiger partial charge >= 0.3 is 0 Å². The molecule has 0 aliphatic carbocycles. The Morgan fingerprint density at radius 1 is 1.44 bits per heavy atom.